The van der Waals surface area contributed by atoms with E-state index >= 15 is 0 Å². The lowest BCUT2D eigenvalue weighted by Crippen LogP contribution is -2.44. The van der Waals surface area contributed by atoms with E-state index in [2.05, 4.69) is 26.0 Å². The summed E-state index contributed by atoms with van der Waals surface area (Å²) in [6.45, 7) is 4.85. The maximum atomic E-state index is 13.0. The second kappa shape index (κ2) is 78.7. The molecular formula is C87H169NO8. The van der Waals surface area contributed by atoms with E-state index in [1.807, 2.05) is 21.1 Å². The zero-order chi connectivity index (χ0) is 69.7. The zero-order valence-corrected chi connectivity index (χ0v) is 65.6. The van der Waals surface area contributed by atoms with Gasteiger partial charge in [-0.25, -0.2) is 0 Å². The number of nitrogens with zero attached hydrogens (tertiary/aromatic N) is 1. The summed E-state index contributed by atoms with van der Waals surface area (Å²) < 4.78 is 22.9. The summed E-state index contributed by atoms with van der Waals surface area (Å²) in [7, 11) is 5.96. The van der Waals surface area contributed by atoms with Crippen LogP contribution in [-0.4, -0.2) is 82.3 Å². The van der Waals surface area contributed by atoms with Crippen molar-refractivity contribution in [3.8, 4) is 0 Å². The first kappa shape index (κ1) is 94.0. The van der Waals surface area contributed by atoms with Crippen LogP contribution in [0.5, 0.6) is 0 Å². The van der Waals surface area contributed by atoms with E-state index in [9.17, 15) is 19.5 Å². The van der Waals surface area contributed by atoms with Crippen LogP contribution in [-0.2, 0) is 33.3 Å². The summed E-state index contributed by atoms with van der Waals surface area (Å²) in [5.74, 6) is -2.24. The SMILES string of the molecule is CCCCCCCCCC/C=C\CCCCCCCCCCCCCCCCCCCCCCCCCCCCCCCC(=O)OC(COC(=O)CCCCCCCCCCCCCCCCCCCCCCCCCCCCCCCC)COC(OCC[N+](C)(C)C)C(=O)[O-]. The predicted octanol–water partition coefficient (Wildman–Crippen LogP) is 26.5. The van der Waals surface area contributed by atoms with Gasteiger partial charge in [0.25, 0.3) is 0 Å². The number of carboxylic acid groups (broad SMARTS) is 1. The van der Waals surface area contributed by atoms with Gasteiger partial charge in [0.1, 0.15) is 13.2 Å². The molecule has 0 N–H and O–H groups in total. The van der Waals surface area contributed by atoms with Crippen molar-refractivity contribution in [2.24, 2.45) is 0 Å². The van der Waals surface area contributed by atoms with Crippen molar-refractivity contribution >= 4 is 17.9 Å². The highest BCUT2D eigenvalue weighted by molar-refractivity contribution is 5.70. The normalized spacial score (nSPS) is 12.6. The van der Waals surface area contributed by atoms with Gasteiger partial charge < -0.3 is 33.3 Å². The highest BCUT2D eigenvalue weighted by Crippen LogP contribution is 2.21. The lowest BCUT2D eigenvalue weighted by Gasteiger charge is -2.26. The monoisotopic (exact) mass is 1360 g/mol. The number of quaternary nitrogens is 1. The summed E-state index contributed by atoms with van der Waals surface area (Å²) in [5.41, 5.74) is 0. The quantitative estimate of drug-likeness (QED) is 0.0195. The largest absolute Gasteiger partial charge is 0.545 e. The predicted molar refractivity (Wildman–Crippen MR) is 413 cm³/mol. The molecule has 9 heteroatoms. The number of esters is 2. The molecule has 0 radical (unpaired) electrons. The van der Waals surface area contributed by atoms with Gasteiger partial charge in [0.15, 0.2) is 12.4 Å². The van der Waals surface area contributed by atoms with Crippen molar-refractivity contribution in [3.63, 3.8) is 0 Å². The molecule has 0 aromatic carbocycles. The third-order valence-electron chi connectivity index (χ3n) is 20.3. The third kappa shape index (κ3) is 79.4. The number of hydrogen-bond acceptors (Lipinski definition) is 8. The number of rotatable bonds is 83. The zero-order valence-electron chi connectivity index (χ0n) is 65.6. The number of ether oxygens (including phenoxy) is 4. The number of unbranched alkanes of at least 4 members (excludes halogenated alkanes) is 66. The third-order valence-corrected chi connectivity index (χ3v) is 20.3. The molecule has 2 unspecified atom stereocenters. The number of likely N-dealkylation sites (N-methyl/N-ethyl adjacent to an activating group) is 1. The number of aliphatic carboxylic acids is 1. The van der Waals surface area contributed by atoms with Crippen LogP contribution in [0, 0.1) is 0 Å². The molecule has 0 aliphatic rings. The van der Waals surface area contributed by atoms with E-state index < -0.39 is 24.3 Å². The van der Waals surface area contributed by atoms with Gasteiger partial charge in [-0.3, -0.25) is 9.59 Å². The van der Waals surface area contributed by atoms with Crippen LogP contribution < -0.4 is 5.11 Å². The van der Waals surface area contributed by atoms with E-state index in [1.54, 1.807) is 0 Å². The van der Waals surface area contributed by atoms with Crippen molar-refractivity contribution in [3.05, 3.63) is 12.2 Å². The molecule has 9 nitrogen and oxygen atoms in total. The van der Waals surface area contributed by atoms with E-state index in [4.69, 9.17) is 18.9 Å². The molecule has 2 atom stereocenters. The summed E-state index contributed by atoms with van der Waals surface area (Å²) in [5, 5.41) is 11.9. The van der Waals surface area contributed by atoms with Crippen LogP contribution >= 0.6 is 0 Å². The molecule has 0 fully saturated rings. The average molecular weight is 1360 g/mol. The topological polar surface area (TPSA) is 111 Å². The van der Waals surface area contributed by atoms with E-state index in [0.29, 0.717) is 17.4 Å². The van der Waals surface area contributed by atoms with Crippen LogP contribution in [0.2, 0.25) is 0 Å². The molecule has 96 heavy (non-hydrogen) atoms. The minimum atomic E-state index is -1.62. The van der Waals surface area contributed by atoms with Crippen LogP contribution in [0.1, 0.15) is 470 Å². The fraction of sp³-hybridized carbons (Fsp3) is 0.943. The Morgan fingerprint density at radius 1 is 0.302 bits per heavy atom. The Bertz CT molecular complexity index is 1580. The van der Waals surface area contributed by atoms with Gasteiger partial charge >= 0.3 is 11.9 Å². The maximum absolute atomic E-state index is 13.0. The Labute approximate surface area is 599 Å². The summed E-state index contributed by atoms with van der Waals surface area (Å²) in [6.07, 6.45) is 96.7. The van der Waals surface area contributed by atoms with Crippen molar-refractivity contribution in [2.45, 2.75) is 482 Å². The van der Waals surface area contributed by atoms with E-state index in [1.165, 1.54) is 405 Å². The number of allylic oxidation sites excluding steroid dienone is 2. The molecule has 0 spiro atoms. The molecule has 0 bridgehead atoms. The number of carboxylic acids is 1. The van der Waals surface area contributed by atoms with Gasteiger partial charge in [0, 0.05) is 12.8 Å². The van der Waals surface area contributed by atoms with Crippen molar-refractivity contribution in [2.75, 3.05) is 47.5 Å². The first-order valence-electron chi connectivity index (χ1n) is 43.3. The molecule has 0 saturated carbocycles. The molecule has 0 rings (SSSR count). The van der Waals surface area contributed by atoms with Crippen LogP contribution in [0.4, 0.5) is 0 Å². The van der Waals surface area contributed by atoms with Gasteiger partial charge in [-0.05, 0) is 38.5 Å². The second-order valence-electron chi connectivity index (χ2n) is 31.2. The Morgan fingerprint density at radius 3 is 0.771 bits per heavy atom. The molecule has 0 amide bonds. The van der Waals surface area contributed by atoms with Crippen molar-refractivity contribution in [1.29, 1.82) is 0 Å². The standard InChI is InChI=1S/C87H169NO8/c1-6-8-10-12-14-16-18-20-22-24-26-28-30-32-34-36-38-39-40-41-42-43-44-45-46-47-48-50-52-54-56-58-60-62-64-66-68-70-72-74-76-78-85(90)96-83(82-95-87(86(91)92)93-80-79-88(3,4)5)81-94-84(89)77-75-73-71-69-67-65-63-61-59-57-55-53-51-49-37-35-33-31-29-27-25-23-21-19-17-15-13-11-9-7-2/h24,26,83,87H,6-23,25,27-82H2,1-5H3/b26-24-. The molecule has 0 saturated heterocycles. The summed E-state index contributed by atoms with van der Waals surface area (Å²) in [4.78, 5) is 37.6. The second-order valence-corrected chi connectivity index (χ2v) is 31.2. The van der Waals surface area contributed by atoms with E-state index in [-0.39, 0.29) is 32.2 Å². The molecule has 570 valence electrons. The fourth-order valence-electron chi connectivity index (χ4n) is 13.7. The van der Waals surface area contributed by atoms with Crippen molar-refractivity contribution < 1.29 is 42.9 Å². The summed E-state index contributed by atoms with van der Waals surface area (Å²) >= 11 is 0. The first-order valence-corrected chi connectivity index (χ1v) is 43.3. The lowest BCUT2D eigenvalue weighted by molar-refractivity contribution is -0.870. The Hall–Kier alpha value is -1.97. The summed E-state index contributed by atoms with van der Waals surface area (Å²) in [6, 6.07) is 0. The molecule has 0 aromatic rings. The van der Waals surface area contributed by atoms with Crippen LogP contribution in [0.15, 0.2) is 12.2 Å². The average Bonchev–Trinajstić information content (AvgIpc) is 2.59. The minimum absolute atomic E-state index is 0.153. The lowest BCUT2D eigenvalue weighted by atomic mass is 10.0. The molecule has 0 aliphatic heterocycles. The highest BCUT2D eigenvalue weighted by atomic mass is 16.7. The minimum Gasteiger partial charge on any atom is -0.545 e. The van der Waals surface area contributed by atoms with Crippen molar-refractivity contribution in [1.82, 2.24) is 0 Å². The van der Waals surface area contributed by atoms with Gasteiger partial charge in [0.2, 0.25) is 0 Å². The van der Waals surface area contributed by atoms with Gasteiger partial charge in [0.05, 0.1) is 40.3 Å². The van der Waals surface area contributed by atoms with Crippen LogP contribution in [0.3, 0.4) is 0 Å². The number of carbonyl (C=O) groups excluding carboxylic acids is 3. The Kier molecular flexibility index (Phi) is 77.1. The first-order chi connectivity index (χ1) is 47.1. The number of hydrogen-bond donors (Lipinski definition) is 0. The fourth-order valence-corrected chi connectivity index (χ4v) is 13.7. The van der Waals surface area contributed by atoms with Gasteiger partial charge in [-0.2, -0.15) is 0 Å². The molecule has 0 aromatic heterocycles. The Morgan fingerprint density at radius 2 is 0.531 bits per heavy atom. The Balaban J connectivity index is 3.89. The van der Waals surface area contributed by atoms with Gasteiger partial charge in [-0.1, -0.05) is 431 Å². The van der Waals surface area contributed by atoms with E-state index in [0.717, 1.165) is 38.5 Å². The smallest absolute Gasteiger partial charge is 0.306 e. The van der Waals surface area contributed by atoms with Crippen LogP contribution in [0.25, 0.3) is 0 Å². The highest BCUT2D eigenvalue weighted by Gasteiger charge is 2.22. The molecule has 0 aliphatic carbocycles. The number of carbonyl (C=O) groups is 3. The van der Waals surface area contributed by atoms with Gasteiger partial charge in [-0.15, -0.1) is 0 Å². The maximum Gasteiger partial charge on any atom is 0.306 e. The molecule has 0 heterocycles. The molecular weight excluding hydrogens is 1190 g/mol.